The van der Waals surface area contributed by atoms with E-state index < -0.39 is 6.04 Å². The molecular formula is C17H12Cl2N4O2. The molecule has 6 nitrogen and oxygen atoms in total. The number of hydrogen-bond acceptors (Lipinski definition) is 3. The standard InChI is InChI=1S/C17H12Cl2N4O2/c18-9-5-6-10(19)12(7-9)20-15(24)8-14-16(25)22-17-21-11-3-1-2-4-13(11)23(14)17/h1-7,14H,8H2,(H,20,24)(H,21,22,25)/t14-/m0/s1. The second-order valence-corrected chi connectivity index (χ2v) is 6.52. The third kappa shape index (κ3) is 2.83. The minimum atomic E-state index is -0.666. The number of hydrogen-bond donors (Lipinski definition) is 2. The van der Waals surface area contributed by atoms with E-state index in [4.69, 9.17) is 23.2 Å². The largest absolute Gasteiger partial charge is 0.325 e. The van der Waals surface area contributed by atoms with Gasteiger partial charge in [0.2, 0.25) is 17.8 Å². The van der Waals surface area contributed by atoms with E-state index in [2.05, 4.69) is 15.6 Å². The molecular weight excluding hydrogens is 363 g/mol. The van der Waals surface area contributed by atoms with Crippen LogP contribution in [-0.2, 0) is 9.59 Å². The zero-order valence-corrected chi connectivity index (χ0v) is 14.3. The van der Waals surface area contributed by atoms with Gasteiger partial charge < -0.3 is 5.32 Å². The number of aromatic nitrogens is 2. The molecule has 4 rings (SSSR count). The number of carbonyl (C=O) groups is 2. The molecule has 0 spiro atoms. The number of fused-ring (bicyclic) bond motifs is 3. The number of amides is 2. The summed E-state index contributed by atoms with van der Waals surface area (Å²) in [4.78, 5) is 29.0. The Morgan fingerprint density at radius 1 is 1.24 bits per heavy atom. The van der Waals surface area contributed by atoms with Crippen LogP contribution in [0.2, 0.25) is 10.0 Å². The van der Waals surface area contributed by atoms with Crippen LogP contribution in [0.15, 0.2) is 42.5 Å². The zero-order chi connectivity index (χ0) is 17.6. The molecule has 0 radical (unpaired) electrons. The SMILES string of the molecule is O=C(C[C@H]1C(=O)Nc2nc3ccccc3n21)Nc1cc(Cl)ccc1Cl. The molecule has 1 aliphatic heterocycles. The van der Waals surface area contributed by atoms with Crippen LogP contribution < -0.4 is 10.6 Å². The highest BCUT2D eigenvalue weighted by atomic mass is 35.5. The molecule has 1 atom stereocenters. The monoisotopic (exact) mass is 374 g/mol. The number of benzene rings is 2. The van der Waals surface area contributed by atoms with Gasteiger partial charge in [-0.25, -0.2) is 4.98 Å². The van der Waals surface area contributed by atoms with E-state index in [9.17, 15) is 9.59 Å². The molecule has 2 amide bonds. The first-order chi connectivity index (χ1) is 12.0. The lowest BCUT2D eigenvalue weighted by molar-refractivity contribution is -0.123. The van der Waals surface area contributed by atoms with Gasteiger partial charge >= 0.3 is 0 Å². The first-order valence-electron chi connectivity index (χ1n) is 7.55. The van der Waals surface area contributed by atoms with Crippen LogP contribution in [0.25, 0.3) is 11.0 Å². The van der Waals surface area contributed by atoms with Gasteiger partial charge in [0.1, 0.15) is 6.04 Å². The summed E-state index contributed by atoms with van der Waals surface area (Å²) in [6.07, 6.45) is -0.0397. The molecule has 8 heteroatoms. The van der Waals surface area contributed by atoms with Crippen molar-refractivity contribution in [1.82, 2.24) is 9.55 Å². The molecule has 0 unspecified atom stereocenters. The average Bonchev–Trinajstić information content (AvgIpc) is 3.07. The van der Waals surface area contributed by atoms with Gasteiger partial charge in [0.15, 0.2) is 0 Å². The average molecular weight is 375 g/mol. The molecule has 1 aromatic heterocycles. The van der Waals surface area contributed by atoms with Crippen molar-refractivity contribution in [1.29, 1.82) is 0 Å². The van der Waals surface area contributed by atoms with Gasteiger partial charge in [0.25, 0.3) is 0 Å². The van der Waals surface area contributed by atoms with E-state index in [1.807, 2.05) is 24.3 Å². The van der Waals surface area contributed by atoms with E-state index in [0.29, 0.717) is 21.7 Å². The Bertz CT molecular complexity index is 1020. The van der Waals surface area contributed by atoms with Crippen molar-refractivity contribution in [3.8, 4) is 0 Å². The van der Waals surface area contributed by atoms with Crippen molar-refractivity contribution in [3.63, 3.8) is 0 Å². The first-order valence-corrected chi connectivity index (χ1v) is 8.31. The summed E-state index contributed by atoms with van der Waals surface area (Å²) in [5.41, 5.74) is 1.98. The molecule has 0 saturated heterocycles. The molecule has 0 bridgehead atoms. The highest BCUT2D eigenvalue weighted by Gasteiger charge is 2.34. The Morgan fingerprint density at radius 3 is 2.88 bits per heavy atom. The molecule has 2 aromatic carbocycles. The third-order valence-corrected chi connectivity index (χ3v) is 4.59. The second-order valence-electron chi connectivity index (χ2n) is 5.68. The van der Waals surface area contributed by atoms with Gasteiger partial charge in [-0.2, -0.15) is 0 Å². The van der Waals surface area contributed by atoms with Crippen molar-refractivity contribution in [3.05, 3.63) is 52.5 Å². The molecule has 2 N–H and O–H groups in total. The highest BCUT2D eigenvalue weighted by Crippen LogP contribution is 2.33. The van der Waals surface area contributed by atoms with Gasteiger partial charge in [0, 0.05) is 5.02 Å². The van der Waals surface area contributed by atoms with Crippen LogP contribution in [0.3, 0.4) is 0 Å². The molecule has 3 aromatic rings. The molecule has 2 heterocycles. The van der Waals surface area contributed by atoms with Crippen LogP contribution in [0, 0.1) is 0 Å². The maximum atomic E-state index is 12.4. The zero-order valence-electron chi connectivity index (χ0n) is 12.8. The Balaban J connectivity index is 1.60. The maximum absolute atomic E-state index is 12.4. The summed E-state index contributed by atoms with van der Waals surface area (Å²) >= 11 is 12.0. The molecule has 126 valence electrons. The summed E-state index contributed by atoms with van der Waals surface area (Å²) in [7, 11) is 0. The topological polar surface area (TPSA) is 76.0 Å². The van der Waals surface area contributed by atoms with Crippen LogP contribution in [0.4, 0.5) is 11.6 Å². The molecule has 25 heavy (non-hydrogen) atoms. The Kier molecular flexibility index (Phi) is 3.86. The normalized spacial score (nSPS) is 15.9. The van der Waals surface area contributed by atoms with Crippen LogP contribution in [0.1, 0.15) is 12.5 Å². The van der Waals surface area contributed by atoms with Gasteiger partial charge in [-0.3, -0.25) is 19.5 Å². The summed E-state index contributed by atoms with van der Waals surface area (Å²) in [5, 5.41) is 6.25. The van der Waals surface area contributed by atoms with E-state index in [1.54, 1.807) is 22.8 Å². The number of nitrogens with one attached hydrogen (secondary N) is 2. The van der Waals surface area contributed by atoms with Crippen LogP contribution in [-0.4, -0.2) is 21.4 Å². The quantitative estimate of drug-likeness (QED) is 0.730. The predicted octanol–water partition coefficient (Wildman–Crippen LogP) is 3.87. The summed E-state index contributed by atoms with van der Waals surface area (Å²) < 4.78 is 1.75. The summed E-state index contributed by atoms with van der Waals surface area (Å²) in [5.74, 6) is -0.152. The van der Waals surface area contributed by atoms with Gasteiger partial charge in [-0.1, -0.05) is 35.3 Å². The minimum Gasteiger partial charge on any atom is -0.325 e. The fourth-order valence-electron chi connectivity index (χ4n) is 2.91. The number of carbonyl (C=O) groups excluding carboxylic acids is 2. The second kappa shape index (κ2) is 6.06. The molecule has 0 saturated carbocycles. The highest BCUT2D eigenvalue weighted by molar-refractivity contribution is 6.35. The number of nitrogens with zero attached hydrogens (tertiary/aromatic N) is 2. The number of rotatable bonds is 3. The van der Waals surface area contributed by atoms with Gasteiger partial charge in [-0.15, -0.1) is 0 Å². The minimum absolute atomic E-state index is 0.0397. The Hall–Kier alpha value is -2.57. The van der Waals surface area contributed by atoms with Crippen molar-refractivity contribution < 1.29 is 9.59 Å². The predicted molar refractivity (Wildman–Crippen MR) is 97.1 cm³/mol. The first kappa shape index (κ1) is 15.9. The van der Waals surface area contributed by atoms with E-state index >= 15 is 0 Å². The lowest BCUT2D eigenvalue weighted by atomic mass is 10.1. The maximum Gasteiger partial charge on any atom is 0.250 e. The summed E-state index contributed by atoms with van der Waals surface area (Å²) in [6.45, 7) is 0. The molecule has 0 aliphatic carbocycles. The Morgan fingerprint density at radius 2 is 2.04 bits per heavy atom. The molecule has 1 aliphatic rings. The summed E-state index contributed by atoms with van der Waals surface area (Å²) in [6, 6.07) is 11.6. The molecule has 0 fully saturated rings. The van der Waals surface area contributed by atoms with E-state index in [0.717, 1.165) is 11.0 Å². The van der Waals surface area contributed by atoms with E-state index in [1.165, 1.54) is 0 Å². The van der Waals surface area contributed by atoms with E-state index in [-0.39, 0.29) is 18.2 Å². The number of imidazole rings is 1. The van der Waals surface area contributed by atoms with Crippen molar-refractivity contribution in [2.24, 2.45) is 0 Å². The van der Waals surface area contributed by atoms with Crippen molar-refractivity contribution in [2.45, 2.75) is 12.5 Å². The number of para-hydroxylation sites is 2. The Labute approximate surface area is 152 Å². The lowest BCUT2D eigenvalue weighted by Gasteiger charge is -2.12. The van der Waals surface area contributed by atoms with Crippen molar-refractivity contribution in [2.75, 3.05) is 10.6 Å². The van der Waals surface area contributed by atoms with Crippen LogP contribution in [0.5, 0.6) is 0 Å². The van der Waals surface area contributed by atoms with Gasteiger partial charge in [0.05, 0.1) is 28.2 Å². The fourth-order valence-corrected chi connectivity index (χ4v) is 3.25. The smallest absolute Gasteiger partial charge is 0.250 e. The van der Waals surface area contributed by atoms with Crippen LogP contribution >= 0.6 is 23.2 Å². The third-order valence-electron chi connectivity index (χ3n) is 4.03. The number of halogens is 2. The van der Waals surface area contributed by atoms with Crippen molar-refractivity contribution >= 4 is 57.7 Å². The number of anilines is 2. The fraction of sp³-hybridized carbons (Fsp3) is 0.118. The van der Waals surface area contributed by atoms with Gasteiger partial charge in [-0.05, 0) is 30.3 Å². The lowest BCUT2D eigenvalue weighted by Crippen LogP contribution is -2.23.